The highest BCUT2D eigenvalue weighted by Crippen LogP contribution is 2.44. The molecular formula is C49H42N2. The number of benzene rings is 8. The van der Waals surface area contributed by atoms with Gasteiger partial charge in [-0.25, -0.2) is 4.98 Å². The van der Waals surface area contributed by atoms with Crippen LogP contribution < -0.4 is 0 Å². The van der Waals surface area contributed by atoms with E-state index in [-0.39, 0.29) is 0 Å². The van der Waals surface area contributed by atoms with Gasteiger partial charge in [-0.15, -0.1) is 0 Å². The summed E-state index contributed by atoms with van der Waals surface area (Å²) < 4.78 is 2.32. The Kier molecular flexibility index (Phi) is 9.85. The number of hydrogen-bond donors (Lipinski definition) is 0. The van der Waals surface area contributed by atoms with Gasteiger partial charge in [0.1, 0.15) is 5.82 Å². The Bertz CT molecular complexity index is 2530. The Morgan fingerprint density at radius 2 is 0.804 bits per heavy atom. The molecule has 248 valence electrons. The van der Waals surface area contributed by atoms with E-state index in [1.165, 1.54) is 49.4 Å². The van der Waals surface area contributed by atoms with E-state index in [1.54, 1.807) is 0 Å². The van der Waals surface area contributed by atoms with E-state index < -0.39 is 0 Å². The third kappa shape index (κ3) is 6.22. The minimum Gasteiger partial charge on any atom is -0.292 e. The zero-order chi connectivity index (χ0) is 35.2. The molecule has 8 aromatic carbocycles. The van der Waals surface area contributed by atoms with Gasteiger partial charge in [-0.2, -0.15) is 0 Å². The lowest BCUT2D eigenvalue weighted by atomic mass is 9.86. The van der Waals surface area contributed by atoms with Crippen molar-refractivity contribution >= 4 is 32.6 Å². The summed E-state index contributed by atoms with van der Waals surface area (Å²) in [6.07, 6.45) is 0. The van der Waals surface area contributed by atoms with Crippen LogP contribution in [0, 0.1) is 0 Å². The molecule has 0 saturated heterocycles. The molecule has 0 unspecified atom stereocenters. The van der Waals surface area contributed by atoms with Gasteiger partial charge in [-0.1, -0.05) is 185 Å². The lowest BCUT2D eigenvalue weighted by molar-refractivity contribution is 1.11. The smallest absolute Gasteiger partial charge is 0.145 e. The van der Waals surface area contributed by atoms with Crippen molar-refractivity contribution in [3.8, 4) is 50.5 Å². The van der Waals surface area contributed by atoms with E-state index in [9.17, 15) is 0 Å². The van der Waals surface area contributed by atoms with E-state index in [0.717, 1.165) is 33.7 Å². The average molecular weight is 659 g/mol. The van der Waals surface area contributed by atoms with E-state index in [2.05, 4.69) is 187 Å². The Balaban J connectivity index is 0.000000983. The predicted octanol–water partition coefficient (Wildman–Crippen LogP) is 14.1. The molecule has 2 heteroatoms. The molecule has 0 aliphatic carbocycles. The third-order valence-electron chi connectivity index (χ3n) is 9.18. The number of fused-ring (bicyclic) bond motifs is 3. The monoisotopic (exact) mass is 658 g/mol. The Morgan fingerprint density at radius 1 is 0.353 bits per heavy atom. The van der Waals surface area contributed by atoms with Gasteiger partial charge in [0.15, 0.2) is 0 Å². The van der Waals surface area contributed by atoms with Gasteiger partial charge in [0.2, 0.25) is 0 Å². The van der Waals surface area contributed by atoms with E-state index in [4.69, 9.17) is 4.98 Å². The fraction of sp³-hybridized carbons (Fsp3) is 0.0816. The summed E-state index contributed by atoms with van der Waals surface area (Å²) in [7, 11) is 0. The Hall–Kier alpha value is -6.25. The first-order valence-corrected chi connectivity index (χ1v) is 18.1. The van der Waals surface area contributed by atoms with Crippen molar-refractivity contribution < 1.29 is 0 Å². The van der Waals surface area contributed by atoms with Gasteiger partial charge >= 0.3 is 0 Å². The number of imidazole rings is 1. The molecule has 1 heterocycles. The van der Waals surface area contributed by atoms with E-state index >= 15 is 0 Å². The van der Waals surface area contributed by atoms with Crippen molar-refractivity contribution in [2.75, 3.05) is 0 Å². The van der Waals surface area contributed by atoms with Gasteiger partial charge in [0.25, 0.3) is 0 Å². The zero-order valence-electron chi connectivity index (χ0n) is 29.7. The van der Waals surface area contributed by atoms with E-state index in [1.807, 2.05) is 27.7 Å². The maximum absolute atomic E-state index is 5.28. The second-order valence-corrected chi connectivity index (χ2v) is 12.0. The van der Waals surface area contributed by atoms with Crippen LogP contribution in [0.15, 0.2) is 182 Å². The minimum atomic E-state index is 0.926. The topological polar surface area (TPSA) is 17.8 Å². The van der Waals surface area contributed by atoms with Gasteiger partial charge in [0, 0.05) is 11.3 Å². The molecule has 1 aromatic heterocycles. The van der Waals surface area contributed by atoms with Crippen molar-refractivity contribution in [1.29, 1.82) is 0 Å². The van der Waals surface area contributed by atoms with Crippen LogP contribution in [-0.4, -0.2) is 9.55 Å². The third-order valence-corrected chi connectivity index (χ3v) is 9.18. The van der Waals surface area contributed by atoms with Crippen molar-refractivity contribution in [3.05, 3.63) is 182 Å². The summed E-state index contributed by atoms with van der Waals surface area (Å²) in [4.78, 5) is 5.28. The second kappa shape index (κ2) is 15.1. The van der Waals surface area contributed by atoms with Crippen LogP contribution in [-0.2, 0) is 0 Å². The molecule has 0 bridgehead atoms. The summed E-state index contributed by atoms with van der Waals surface area (Å²) in [5, 5.41) is 4.94. The molecule has 0 radical (unpaired) electrons. The summed E-state index contributed by atoms with van der Waals surface area (Å²) in [6.45, 7) is 8.00. The van der Waals surface area contributed by atoms with Crippen molar-refractivity contribution in [2.24, 2.45) is 0 Å². The number of nitrogens with zero attached hydrogens (tertiary/aromatic N) is 2. The predicted molar refractivity (Wildman–Crippen MR) is 221 cm³/mol. The largest absolute Gasteiger partial charge is 0.292 e. The molecule has 0 atom stereocenters. The SMILES string of the molecule is CC.CC.c1ccc(-c2ccc3c(c2)nc(-c2ccccc2)n3-c2ccc3c(-c4ccccc4)c4ccccc4c(-c4ccccc4)c3c2)cc1. The van der Waals surface area contributed by atoms with Gasteiger partial charge < -0.3 is 0 Å². The molecule has 2 nitrogen and oxygen atoms in total. The summed E-state index contributed by atoms with van der Waals surface area (Å²) >= 11 is 0. The fourth-order valence-electron chi connectivity index (χ4n) is 7.07. The van der Waals surface area contributed by atoms with Crippen LogP contribution in [0.5, 0.6) is 0 Å². The lowest BCUT2D eigenvalue weighted by Gasteiger charge is -2.19. The molecule has 0 amide bonds. The first-order chi connectivity index (χ1) is 25.3. The van der Waals surface area contributed by atoms with Crippen LogP contribution in [0.25, 0.3) is 83.0 Å². The zero-order valence-corrected chi connectivity index (χ0v) is 29.7. The molecule has 9 aromatic rings. The summed E-state index contributed by atoms with van der Waals surface area (Å²) in [5.41, 5.74) is 11.5. The number of rotatable bonds is 5. The second-order valence-electron chi connectivity index (χ2n) is 12.0. The van der Waals surface area contributed by atoms with Crippen LogP contribution in [0.4, 0.5) is 0 Å². The normalized spacial score (nSPS) is 10.7. The van der Waals surface area contributed by atoms with Gasteiger partial charge in [-0.05, 0) is 79.2 Å². The highest BCUT2D eigenvalue weighted by atomic mass is 15.1. The summed E-state index contributed by atoms with van der Waals surface area (Å²) in [5.74, 6) is 0.926. The minimum absolute atomic E-state index is 0.926. The first kappa shape index (κ1) is 33.3. The van der Waals surface area contributed by atoms with Gasteiger partial charge in [0.05, 0.1) is 11.0 Å². The molecule has 0 saturated carbocycles. The molecule has 0 fully saturated rings. The fourth-order valence-corrected chi connectivity index (χ4v) is 7.07. The molecule has 0 spiro atoms. The number of hydrogen-bond acceptors (Lipinski definition) is 1. The lowest BCUT2D eigenvalue weighted by Crippen LogP contribution is -1.99. The van der Waals surface area contributed by atoms with Crippen molar-refractivity contribution in [1.82, 2.24) is 9.55 Å². The molecule has 0 N–H and O–H groups in total. The van der Waals surface area contributed by atoms with Crippen molar-refractivity contribution in [2.45, 2.75) is 27.7 Å². The highest BCUT2D eigenvalue weighted by Gasteiger charge is 2.20. The van der Waals surface area contributed by atoms with Gasteiger partial charge in [-0.3, -0.25) is 4.57 Å². The quantitative estimate of drug-likeness (QED) is 0.168. The van der Waals surface area contributed by atoms with E-state index in [0.29, 0.717) is 0 Å². The maximum atomic E-state index is 5.28. The summed E-state index contributed by atoms with van der Waals surface area (Å²) in [6, 6.07) is 65.0. The van der Waals surface area contributed by atoms with Crippen LogP contribution in [0.3, 0.4) is 0 Å². The van der Waals surface area contributed by atoms with Crippen LogP contribution in [0.1, 0.15) is 27.7 Å². The van der Waals surface area contributed by atoms with Crippen molar-refractivity contribution in [3.63, 3.8) is 0 Å². The molecular weight excluding hydrogens is 617 g/mol. The van der Waals surface area contributed by atoms with Crippen LogP contribution >= 0.6 is 0 Å². The maximum Gasteiger partial charge on any atom is 0.145 e. The Labute approximate surface area is 301 Å². The number of aromatic nitrogens is 2. The highest BCUT2D eigenvalue weighted by molar-refractivity contribution is 6.21. The molecule has 51 heavy (non-hydrogen) atoms. The average Bonchev–Trinajstić information content (AvgIpc) is 3.61. The first-order valence-electron chi connectivity index (χ1n) is 18.1. The molecule has 0 aliphatic heterocycles. The molecule has 9 rings (SSSR count). The van der Waals surface area contributed by atoms with Crippen LogP contribution in [0.2, 0.25) is 0 Å². The standard InChI is InChI=1S/C45H30N2.2C2H6/c1-5-15-31(16-6-1)35-25-28-42-41(29-35)46-45(34-21-11-4-12-22-34)47(42)36-26-27-39-40(30-36)44(33-19-9-3-10-20-33)38-24-14-13-23-37(38)43(39)32-17-7-2-8-18-32;2*1-2/h1-30H;2*1-2H3. The Morgan fingerprint density at radius 3 is 1.35 bits per heavy atom. The molecule has 0 aliphatic rings.